The number of pyridine rings is 1. The Labute approximate surface area is 237 Å². The molecule has 0 unspecified atom stereocenters. The number of esters is 2. The van der Waals surface area contributed by atoms with Crippen LogP contribution < -0.4 is 9.47 Å². The molecule has 0 bridgehead atoms. The van der Waals surface area contributed by atoms with E-state index in [0.717, 1.165) is 0 Å². The predicted octanol–water partition coefficient (Wildman–Crippen LogP) is 5.88. The minimum Gasteiger partial charge on any atom is -0.493 e. The molecule has 1 heterocycles. The molecule has 0 saturated carbocycles. The number of nitrogens with zero attached hydrogens (tertiary/aromatic N) is 1. The van der Waals surface area contributed by atoms with Crippen LogP contribution in [0.2, 0.25) is 0 Å². The Morgan fingerprint density at radius 2 is 1.39 bits per heavy atom. The molecule has 0 radical (unpaired) electrons. The highest BCUT2D eigenvalue weighted by molar-refractivity contribution is 5.99. The van der Waals surface area contributed by atoms with Gasteiger partial charge in [-0.05, 0) is 42.3 Å². The Bertz CT molecular complexity index is 1300. The zero-order chi connectivity index (χ0) is 30.1. The van der Waals surface area contributed by atoms with Crippen LogP contribution in [0.5, 0.6) is 11.5 Å². The molecule has 0 N–H and O–H groups in total. The molecule has 0 saturated heterocycles. The Hall–Kier alpha value is -4.34. The normalized spacial score (nSPS) is 12.5. The smallest absolute Gasteiger partial charge is 0.311 e. The first-order valence-corrected chi connectivity index (χ1v) is 13.1. The predicted molar refractivity (Wildman–Crippen MR) is 146 cm³/mol. The van der Waals surface area contributed by atoms with Crippen LogP contribution in [0.25, 0.3) is 0 Å². The van der Waals surface area contributed by atoms with E-state index < -0.39 is 54.1 Å². The molecule has 0 amide bonds. The highest BCUT2D eigenvalue weighted by Gasteiger charge is 2.29. The summed E-state index contributed by atoms with van der Waals surface area (Å²) in [7, 11) is 1.39. The van der Waals surface area contributed by atoms with Crippen molar-refractivity contribution in [2.75, 3.05) is 13.9 Å². The number of rotatable bonds is 13. The molecule has 3 aromatic rings. The maximum atomic E-state index is 13.6. The lowest BCUT2D eigenvalue weighted by Crippen LogP contribution is -2.28. The van der Waals surface area contributed by atoms with Crippen LogP contribution in [0, 0.1) is 23.5 Å². The molecule has 218 valence electrons. The number of hydrogen-bond acceptors (Lipinski definition) is 8. The van der Waals surface area contributed by atoms with Gasteiger partial charge in [-0.2, -0.15) is 0 Å². The van der Waals surface area contributed by atoms with Gasteiger partial charge in [-0.25, -0.2) is 13.8 Å². The van der Waals surface area contributed by atoms with E-state index in [0.29, 0.717) is 11.1 Å². The second-order valence-electron chi connectivity index (χ2n) is 9.82. The summed E-state index contributed by atoms with van der Waals surface area (Å²) in [5.41, 5.74) is 1.25. The van der Waals surface area contributed by atoms with Crippen LogP contribution in [-0.2, 0) is 19.1 Å². The first-order valence-electron chi connectivity index (χ1n) is 13.1. The molecular weight excluding hydrogens is 536 g/mol. The van der Waals surface area contributed by atoms with Crippen molar-refractivity contribution in [2.24, 2.45) is 11.8 Å². The average Bonchev–Trinajstić information content (AvgIpc) is 2.94. The van der Waals surface area contributed by atoms with Gasteiger partial charge in [0.2, 0.25) is 6.79 Å². The zero-order valence-electron chi connectivity index (χ0n) is 23.6. The summed E-state index contributed by atoms with van der Waals surface area (Å²) in [5, 5.41) is 0. The minimum absolute atomic E-state index is 0.0156. The van der Waals surface area contributed by atoms with Gasteiger partial charge in [-0.3, -0.25) is 14.4 Å². The number of benzene rings is 2. The summed E-state index contributed by atoms with van der Waals surface area (Å²) >= 11 is 0. The van der Waals surface area contributed by atoms with Crippen LogP contribution >= 0.6 is 0 Å². The van der Waals surface area contributed by atoms with Crippen LogP contribution in [0.1, 0.15) is 61.6 Å². The Morgan fingerprint density at radius 1 is 0.829 bits per heavy atom. The van der Waals surface area contributed by atoms with E-state index in [-0.39, 0.29) is 29.5 Å². The van der Waals surface area contributed by atoms with Gasteiger partial charge in [0.05, 0.1) is 18.9 Å². The lowest BCUT2D eigenvalue weighted by Gasteiger charge is -2.26. The number of carbonyl (C=O) groups excluding carboxylic acids is 3. The average molecular weight is 570 g/mol. The molecule has 1 aromatic heterocycles. The number of ketones is 1. The molecular formula is C31H33F2NO7. The Balaban J connectivity index is 1.74. The Morgan fingerprint density at radius 3 is 1.90 bits per heavy atom. The third-order valence-electron chi connectivity index (χ3n) is 6.35. The van der Waals surface area contributed by atoms with Gasteiger partial charge in [-0.15, -0.1) is 0 Å². The largest absolute Gasteiger partial charge is 0.493 e. The Kier molecular flexibility index (Phi) is 10.9. The van der Waals surface area contributed by atoms with Gasteiger partial charge in [0, 0.05) is 24.6 Å². The van der Waals surface area contributed by atoms with Gasteiger partial charge in [0.25, 0.3) is 0 Å². The zero-order valence-corrected chi connectivity index (χ0v) is 23.6. The fourth-order valence-electron chi connectivity index (χ4n) is 4.14. The van der Waals surface area contributed by atoms with Crippen LogP contribution in [0.4, 0.5) is 8.78 Å². The van der Waals surface area contributed by atoms with Gasteiger partial charge >= 0.3 is 11.9 Å². The third-order valence-corrected chi connectivity index (χ3v) is 6.35. The SMILES string of the molecule is COc1ccnc(C(=O)C[C@@H](C)C(=O)O[C@@H](C)C(c2ccc(F)cc2)c2ccc(F)cc2)c1OCOC(=O)C(C)C. The molecule has 41 heavy (non-hydrogen) atoms. The van der Waals surface area contributed by atoms with Crippen molar-refractivity contribution >= 4 is 17.7 Å². The molecule has 0 spiro atoms. The van der Waals surface area contributed by atoms with Gasteiger partial charge < -0.3 is 18.9 Å². The van der Waals surface area contributed by atoms with Crippen LogP contribution in [-0.4, -0.2) is 42.7 Å². The highest BCUT2D eigenvalue weighted by Crippen LogP contribution is 2.33. The van der Waals surface area contributed by atoms with Crippen LogP contribution in [0.3, 0.4) is 0 Å². The second-order valence-corrected chi connectivity index (χ2v) is 9.82. The number of aromatic nitrogens is 1. The van der Waals surface area contributed by atoms with Crippen molar-refractivity contribution in [1.29, 1.82) is 0 Å². The quantitative estimate of drug-likeness (QED) is 0.143. The van der Waals surface area contributed by atoms with Gasteiger partial charge in [0.15, 0.2) is 23.0 Å². The molecule has 0 aliphatic heterocycles. The number of methoxy groups -OCH3 is 1. The van der Waals surface area contributed by atoms with E-state index >= 15 is 0 Å². The van der Waals surface area contributed by atoms with Gasteiger partial charge in [-0.1, -0.05) is 45.0 Å². The minimum atomic E-state index is -0.869. The molecule has 2 aromatic carbocycles. The lowest BCUT2D eigenvalue weighted by atomic mass is 9.87. The summed E-state index contributed by atoms with van der Waals surface area (Å²) in [6.07, 6.45) is 0.367. The fraction of sp³-hybridized carbons (Fsp3) is 0.355. The molecule has 0 aliphatic rings. The van der Waals surface area contributed by atoms with E-state index in [4.69, 9.17) is 18.9 Å². The lowest BCUT2D eigenvalue weighted by molar-refractivity contribution is -0.154. The highest BCUT2D eigenvalue weighted by atomic mass is 19.1. The first-order chi connectivity index (χ1) is 19.5. The maximum Gasteiger partial charge on any atom is 0.311 e. The standard InChI is InChI=1S/C31H33F2NO7/c1-18(2)30(36)40-17-39-29-26(38-5)14-15-34-28(29)25(35)16-19(3)31(37)41-20(4)27(21-6-10-23(32)11-7-21)22-8-12-24(33)13-9-22/h6-15,18-20,27H,16-17H2,1-5H3/t19-,20+/m1/s1. The summed E-state index contributed by atoms with van der Waals surface area (Å²) in [6, 6.07) is 13.0. The number of halogens is 2. The van der Waals surface area contributed by atoms with E-state index in [1.54, 1.807) is 52.0 Å². The monoisotopic (exact) mass is 569 g/mol. The first kappa shape index (κ1) is 31.2. The molecule has 0 aliphatic carbocycles. The number of ether oxygens (including phenoxy) is 4. The number of hydrogen-bond donors (Lipinski definition) is 0. The van der Waals surface area contributed by atoms with E-state index in [1.165, 1.54) is 43.6 Å². The molecule has 0 fully saturated rings. The van der Waals surface area contributed by atoms with Gasteiger partial charge in [0.1, 0.15) is 17.7 Å². The summed E-state index contributed by atoms with van der Waals surface area (Å²) in [6.45, 7) is 6.11. The molecule has 2 atom stereocenters. The third kappa shape index (κ3) is 8.33. The van der Waals surface area contributed by atoms with Crippen molar-refractivity contribution in [3.8, 4) is 11.5 Å². The summed E-state index contributed by atoms with van der Waals surface area (Å²) < 4.78 is 48.8. The second kappa shape index (κ2) is 14.3. The topological polar surface area (TPSA) is 101 Å². The number of carbonyl (C=O) groups is 3. The maximum absolute atomic E-state index is 13.6. The van der Waals surface area contributed by atoms with Crippen molar-refractivity contribution < 1.29 is 42.1 Å². The fourth-order valence-corrected chi connectivity index (χ4v) is 4.14. The van der Waals surface area contributed by atoms with Crippen LogP contribution in [0.15, 0.2) is 60.8 Å². The van der Waals surface area contributed by atoms with E-state index in [9.17, 15) is 23.2 Å². The van der Waals surface area contributed by atoms with E-state index in [2.05, 4.69) is 4.98 Å². The summed E-state index contributed by atoms with van der Waals surface area (Å²) in [5.74, 6) is -4.04. The van der Waals surface area contributed by atoms with Crippen molar-refractivity contribution in [3.63, 3.8) is 0 Å². The van der Waals surface area contributed by atoms with E-state index in [1.807, 2.05) is 0 Å². The van der Waals surface area contributed by atoms with Crippen molar-refractivity contribution in [1.82, 2.24) is 4.98 Å². The summed E-state index contributed by atoms with van der Waals surface area (Å²) in [4.78, 5) is 42.2. The van der Waals surface area contributed by atoms with Crippen molar-refractivity contribution in [3.05, 3.63) is 89.2 Å². The molecule has 3 rings (SSSR count). The number of Topliss-reactive ketones (excluding diaryl/α,β-unsaturated/α-hetero) is 1. The molecule has 10 heteroatoms. The van der Waals surface area contributed by atoms with Crippen molar-refractivity contribution in [2.45, 2.75) is 46.1 Å². The molecule has 8 nitrogen and oxygen atoms in total.